The van der Waals surface area contributed by atoms with E-state index in [0.29, 0.717) is 5.57 Å². The molecule has 0 aliphatic carbocycles. The van der Waals surface area contributed by atoms with Gasteiger partial charge in [0.15, 0.2) is 11.5 Å². The van der Waals surface area contributed by atoms with Crippen LogP contribution in [-0.4, -0.2) is 41.3 Å². The topological polar surface area (TPSA) is 85.7 Å². The number of allylic oxidation sites excluding steroid dienone is 5. The van der Waals surface area contributed by atoms with Crippen molar-refractivity contribution in [2.45, 2.75) is 19.8 Å². The molecule has 0 atom stereocenters. The SMILES string of the molecule is C=C(Cl)/C=C\C(=C/C)Cn1c(Oc2cccc(OC(F)(F)F)c2)nc2c1C(=O)NC(=O)CN2C. The third-order valence-corrected chi connectivity index (χ3v) is 4.69. The van der Waals surface area contributed by atoms with Gasteiger partial charge in [-0.05, 0) is 30.7 Å². The molecule has 0 radical (unpaired) electrons. The number of carbonyl (C=O) groups excluding carboxylic acids is 2. The summed E-state index contributed by atoms with van der Waals surface area (Å²) in [6.07, 6.45) is 0.114. The zero-order valence-electron chi connectivity index (χ0n) is 18.1. The number of alkyl halides is 3. The molecule has 2 amide bonds. The van der Waals surface area contributed by atoms with Crippen molar-refractivity contribution < 1.29 is 32.2 Å². The van der Waals surface area contributed by atoms with Gasteiger partial charge in [0.05, 0.1) is 13.1 Å². The van der Waals surface area contributed by atoms with Crippen LogP contribution in [0.2, 0.25) is 0 Å². The summed E-state index contributed by atoms with van der Waals surface area (Å²) in [6.45, 7) is 5.29. The van der Waals surface area contributed by atoms with Gasteiger partial charge in [0, 0.05) is 18.1 Å². The number of ether oxygens (including phenoxy) is 2. The Kier molecular flexibility index (Phi) is 7.35. The maximum atomic E-state index is 12.8. The molecule has 1 aromatic carbocycles. The highest BCUT2D eigenvalue weighted by Gasteiger charge is 2.33. The molecular formula is C22H20ClF3N4O4. The summed E-state index contributed by atoms with van der Waals surface area (Å²) in [5.74, 6) is -1.53. The largest absolute Gasteiger partial charge is 0.573 e. The number of hydrogen-bond donors (Lipinski definition) is 1. The molecule has 1 aromatic heterocycles. The zero-order valence-corrected chi connectivity index (χ0v) is 18.9. The number of halogens is 4. The van der Waals surface area contributed by atoms with Gasteiger partial charge in [0.1, 0.15) is 11.5 Å². The quantitative estimate of drug-likeness (QED) is 0.447. The molecular weight excluding hydrogens is 477 g/mol. The number of fused-ring (bicyclic) bond motifs is 1. The molecule has 1 N–H and O–H groups in total. The lowest BCUT2D eigenvalue weighted by atomic mass is 10.2. The van der Waals surface area contributed by atoms with E-state index >= 15 is 0 Å². The fraction of sp³-hybridized carbons (Fsp3) is 0.227. The smallest absolute Gasteiger partial charge is 0.425 e. The molecule has 34 heavy (non-hydrogen) atoms. The molecule has 12 heteroatoms. The summed E-state index contributed by atoms with van der Waals surface area (Å²) in [6, 6.07) is 4.81. The van der Waals surface area contributed by atoms with Crippen LogP contribution >= 0.6 is 11.6 Å². The first kappa shape index (κ1) is 24.9. The minimum Gasteiger partial charge on any atom is -0.425 e. The summed E-state index contributed by atoms with van der Waals surface area (Å²) in [4.78, 5) is 30.6. The molecule has 3 rings (SSSR count). The first-order chi connectivity index (χ1) is 16.0. The molecule has 0 saturated carbocycles. The number of likely N-dealkylation sites (N-methyl/N-ethyl adjacent to an activating group) is 1. The van der Waals surface area contributed by atoms with E-state index in [2.05, 4.69) is 21.6 Å². The molecule has 8 nitrogen and oxygen atoms in total. The van der Waals surface area contributed by atoms with E-state index in [1.54, 1.807) is 32.2 Å². The summed E-state index contributed by atoms with van der Waals surface area (Å²) in [5, 5.41) is 2.55. The van der Waals surface area contributed by atoms with Crippen LogP contribution in [0.15, 0.2) is 59.7 Å². The van der Waals surface area contributed by atoms with E-state index in [-0.39, 0.29) is 41.4 Å². The molecule has 0 fully saturated rings. The molecule has 1 aliphatic heterocycles. The van der Waals surface area contributed by atoms with Crippen molar-refractivity contribution in [1.29, 1.82) is 0 Å². The Labute approximate surface area is 197 Å². The Morgan fingerprint density at radius 2 is 2.00 bits per heavy atom. The van der Waals surface area contributed by atoms with Gasteiger partial charge in [0.2, 0.25) is 5.91 Å². The number of aromatic nitrogens is 2. The zero-order chi connectivity index (χ0) is 25.0. The predicted molar refractivity (Wildman–Crippen MR) is 119 cm³/mol. The molecule has 0 unspecified atom stereocenters. The van der Waals surface area contributed by atoms with Crippen molar-refractivity contribution in [3.05, 3.63) is 65.4 Å². The Balaban J connectivity index is 2.06. The highest BCUT2D eigenvalue weighted by atomic mass is 35.5. The molecule has 0 spiro atoms. The number of amides is 2. The van der Waals surface area contributed by atoms with Gasteiger partial charge in [-0.3, -0.25) is 19.5 Å². The van der Waals surface area contributed by atoms with Crippen molar-refractivity contribution in [1.82, 2.24) is 14.9 Å². The van der Waals surface area contributed by atoms with Crippen molar-refractivity contribution in [3.8, 4) is 17.5 Å². The molecule has 0 bridgehead atoms. The number of carbonyl (C=O) groups is 2. The van der Waals surface area contributed by atoms with E-state index in [1.165, 1.54) is 21.6 Å². The Hall–Kier alpha value is -3.73. The van der Waals surface area contributed by atoms with Crippen molar-refractivity contribution in [2.75, 3.05) is 18.5 Å². The van der Waals surface area contributed by atoms with Gasteiger partial charge in [-0.1, -0.05) is 36.4 Å². The van der Waals surface area contributed by atoms with Crippen molar-refractivity contribution in [3.63, 3.8) is 0 Å². The normalized spacial score (nSPS) is 14.6. The Morgan fingerprint density at radius 3 is 2.65 bits per heavy atom. The molecule has 1 aliphatic rings. The number of rotatable bonds is 7. The van der Waals surface area contributed by atoms with Gasteiger partial charge in [-0.15, -0.1) is 13.2 Å². The number of hydrogen-bond acceptors (Lipinski definition) is 6. The monoisotopic (exact) mass is 496 g/mol. The lowest BCUT2D eigenvalue weighted by Gasteiger charge is -2.13. The number of nitrogens with zero attached hydrogens (tertiary/aromatic N) is 3. The highest BCUT2D eigenvalue weighted by Crippen LogP contribution is 2.33. The average Bonchev–Trinajstić information content (AvgIpc) is 3.02. The molecule has 180 valence electrons. The van der Waals surface area contributed by atoms with Crippen LogP contribution in [0.3, 0.4) is 0 Å². The summed E-state index contributed by atoms with van der Waals surface area (Å²) in [5.41, 5.74) is 0.732. The highest BCUT2D eigenvalue weighted by molar-refractivity contribution is 6.30. The lowest BCUT2D eigenvalue weighted by molar-refractivity contribution is -0.274. The fourth-order valence-electron chi connectivity index (χ4n) is 3.11. The summed E-state index contributed by atoms with van der Waals surface area (Å²) in [7, 11) is 1.57. The number of imidazole rings is 1. The number of anilines is 1. The van der Waals surface area contributed by atoms with E-state index in [4.69, 9.17) is 16.3 Å². The fourth-order valence-corrected chi connectivity index (χ4v) is 3.17. The van der Waals surface area contributed by atoms with Crippen LogP contribution in [0.5, 0.6) is 17.5 Å². The second-order valence-electron chi connectivity index (χ2n) is 7.15. The van der Waals surface area contributed by atoms with Crippen molar-refractivity contribution >= 4 is 29.2 Å². The standard InChI is InChI=1S/C22H20ClF3N4O4/c1-4-14(9-8-13(2)23)11-30-18-19(29(3)12-17(31)27-20(18)32)28-21(30)33-15-6-5-7-16(10-15)34-22(24,25)26/h4-10H,2,11-12H2,1,3H3,(H,27,31,32)/b9-8-,14-4+. The minimum absolute atomic E-state index is 0.00555. The number of imide groups is 1. The van der Waals surface area contributed by atoms with Gasteiger partial charge in [0.25, 0.3) is 5.91 Å². The van der Waals surface area contributed by atoms with Crippen molar-refractivity contribution in [2.24, 2.45) is 0 Å². The van der Waals surface area contributed by atoms with E-state index < -0.39 is 23.9 Å². The first-order valence-electron chi connectivity index (χ1n) is 9.84. The van der Waals surface area contributed by atoms with Gasteiger partial charge in [-0.25, -0.2) is 0 Å². The van der Waals surface area contributed by atoms with Crippen LogP contribution in [0.25, 0.3) is 0 Å². The maximum Gasteiger partial charge on any atom is 0.573 e. The van der Waals surface area contributed by atoms with E-state index in [1.807, 2.05) is 0 Å². The van der Waals surface area contributed by atoms with Crippen LogP contribution < -0.4 is 19.7 Å². The van der Waals surface area contributed by atoms with Crippen LogP contribution in [0.1, 0.15) is 17.4 Å². The summed E-state index contributed by atoms with van der Waals surface area (Å²) >= 11 is 5.80. The average molecular weight is 497 g/mol. The van der Waals surface area contributed by atoms with E-state index in [9.17, 15) is 22.8 Å². The van der Waals surface area contributed by atoms with Gasteiger partial charge >= 0.3 is 12.4 Å². The van der Waals surface area contributed by atoms with Crippen LogP contribution in [0, 0.1) is 0 Å². The van der Waals surface area contributed by atoms with Crippen LogP contribution in [-0.2, 0) is 11.3 Å². The third kappa shape index (κ3) is 6.19. The third-order valence-electron chi connectivity index (χ3n) is 4.56. The minimum atomic E-state index is -4.87. The second-order valence-corrected chi connectivity index (χ2v) is 7.64. The van der Waals surface area contributed by atoms with Crippen LogP contribution in [0.4, 0.5) is 19.0 Å². The maximum absolute atomic E-state index is 12.8. The lowest BCUT2D eigenvalue weighted by Crippen LogP contribution is -2.35. The Bertz CT molecular complexity index is 1190. The molecule has 0 saturated heterocycles. The first-order valence-corrected chi connectivity index (χ1v) is 10.2. The molecule has 2 heterocycles. The van der Waals surface area contributed by atoms with Gasteiger partial charge in [-0.2, -0.15) is 4.98 Å². The Morgan fingerprint density at radius 1 is 1.29 bits per heavy atom. The summed E-state index contributed by atoms with van der Waals surface area (Å²) < 4.78 is 48.9. The van der Waals surface area contributed by atoms with E-state index in [0.717, 1.165) is 12.1 Å². The molecule has 2 aromatic rings. The predicted octanol–water partition coefficient (Wildman–Crippen LogP) is 4.54. The number of nitrogens with one attached hydrogen (secondary N) is 1. The second kappa shape index (κ2) is 10.0. The number of benzene rings is 1. The van der Waals surface area contributed by atoms with Gasteiger partial charge < -0.3 is 14.4 Å².